The first kappa shape index (κ1) is 14.7. The maximum atomic E-state index is 9.75. The number of nitrogens with zero attached hydrogens (tertiary/aromatic N) is 1. The van der Waals surface area contributed by atoms with Gasteiger partial charge < -0.3 is 22.2 Å². The molecule has 1 heterocycles. The van der Waals surface area contributed by atoms with Gasteiger partial charge in [0.15, 0.2) is 0 Å². The van der Waals surface area contributed by atoms with Gasteiger partial charge in [0.2, 0.25) is 0 Å². The maximum Gasteiger partial charge on any atom is 0.673 e. The Kier molecular flexibility index (Phi) is 5.59. The van der Waals surface area contributed by atoms with Crippen LogP contribution in [-0.2, 0) is 0 Å². The van der Waals surface area contributed by atoms with Gasteiger partial charge in [-0.2, -0.15) is 0 Å². The van der Waals surface area contributed by atoms with Crippen molar-refractivity contribution in [2.45, 2.75) is 32.5 Å². The molecular weight excluding hydrogens is 211 g/mol. The Balaban J connectivity index is 0.000000336. The van der Waals surface area contributed by atoms with Gasteiger partial charge in [0, 0.05) is 6.42 Å². The van der Waals surface area contributed by atoms with E-state index in [1.165, 1.54) is 13.0 Å². The molecule has 1 N–H and O–H groups in total. The second kappa shape index (κ2) is 5.70. The Hall–Kier alpha value is -0.295. The number of nitrogens with one attached hydrogen (secondary N) is 1. The highest BCUT2D eigenvalue weighted by Gasteiger charge is 2.34. The summed E-state index contributed by atoms with van der Waals surface area (Å²) in [7, 11) is -1.48. The van der Waals surface area contributed by atoms with Crippen molar-refractivity contribution < 1.29 is 22.2 Å². The number of likely N-dealkylation sites (N-methyl/N-ethyl adjacent to an activating group) is 2. The SMILES string of the molecule is CCC1N(C)C(C)C[NH+]1C.F[B-](F)(F)F. The van der Waals surface area contributed by atoms with Gasteiger partial charge in [-0.25, -0.2) is 4.90 Å². The summed E-state index contributed by atoms with van der Waals surface area (Å²) in [5.74, 6) is 0. The highest BCUT2D eigenvalue weighted by Crippen LogP contribution is 2.06. The van der Waals surface area contributed by atoms with Crippen molar-refractivity contribution in [2.75, 3.05) is 20.6 Å². The number of halogens is 4. The van der Waals surface area contributed by atoms with Crippen molar-refractivity contribution >= 4 is 7.25 Å². The molecule has 0 aliphatic carbocycles. The van der Waals surface area contributed by atoms with E-state index in [0.717, 1.165) is 12.2 Å². The van der Waals surface area contributed by atoms with Gasteiger partial charge in [-0.05, 0) is 14.0 Å². The lowest BCUT2D eigenvalue weighted by molar-refractivity contribution is -0.898. The molecule has 3 unspecified atom stereocenters. The molecule has 1 aliphatic rings. The molecule has 0 spiro atoms. The molecule has 1 rings (SSSR count). The van der Waals surface area contributed by atoms with Gasteiger partial charge in [-0.3, -0.25) is 0 Å². The zero-order chi connectivity index (χ0) is 12.2. The first-order valence-electron chi connectivity index (χ1n) is 5.08. The van der Waals surface area contributed by atoms with Gasteiger partial charge in [0.1, 0.15) is 6.17 Å². The van der Waals surface area contributed by atoms with Crippen LogP contribution in [0, 0.1) is 0 Å². The lowest BCUT2D eigenvalue weighted by atomic mass is 10.3. The Morgan fingerprint density at radius 1 is 1.33 bits per heavy atom. The Labute approximate surface area is 88.3 Å². The minimum absolute atomic E-state index is 0.759. The van der Waals surface area contributed by atoms with Crippen LogP contribution in [0.15, 0.2) is 0 Å². The van der Waals surface area contributed by atoms with E-state index >= 15 is 0 Å². The van der Waals surface area contributed by atoms with E-state index in [-0.39, 0.29) is 0 Å². The van der Waals surface area contributed by atoms with E-state index in [1.54, 1.807) is 4.90 Å². The smallest absolute Gasteiger partial charge is 0.418 e. The highest BCUT2D eigenvalue weighted by atomic mass is 19.5. The Morgan fingerprint density at radius 3 is 1.87 bits per heavy atom. The quantitative estimate of drug-likeness (QED) is 0.518. The second-order valence-corrected chi connectivity index (χ2v) is 3.98. The third-order valence-electron chi connectivity index (χ3n) is 2.76. The molecule has 1 fully saturated rings. The van der Waals surface area contributed by atoms with Crippen LogP contribution in [-0.4, -0.2) is 45.0 Å². The molecule has 0 aromatic rings. The van der Waals surface area contributed by atoms with E-state index in [0.29, 0.717) is 0 Å². The molecule has 1 saturated heterocycles. The fourth-order valence-corrected chi connectivity index (χ4v) is 2.04. The van der Waals surface area contributed by atoms with E-state index in [1.807, 2.05) is 0 Å². The van der Waals surface area contributed by atoms with Gasteiger partial charge in [-0.15, -0.1) is 0 Å². The molecule has 92 valence electrons. The van der Waals surface area contributed by atoms with Crippen molar-refractivity contribution in [3.8, 4) is 0 Å². The topological polar surface area (TPSA) is 7.68 Å². The number of hydrogen-bond acceptors (Lipinski definition) is 1. The molecule has 2 nitrogen and oxygen atoms in total. The fraction of sp³-hybridized carbons (Fsp3) is 1.00. The molecule has 0 saturated carbocycles. The van der Waals surface area contributed by atoms with Crippen molar-refractivity contribution in [1.82, 2.24) is 4.90 Å². The predicted octanol–water partition coefficient (Wildman–Crippen LogP) is 0.871. The van der Waals surface area contributed by atoms with Crippen molar-refractivity contribution in [2.24, 2.45) is 0 Å². The Morgan fingerprint density at radius 2 is 1.73 bits per heavy atom. The summed E-state index contributed by atoms with van der Waals surface area (Å²) in [5, 5.41) is 0. The average Bonchev–Trinajstić information content (AvgIpc) is 2.23. The maximum absolute atomic E-state index is 9.75. The minimum Gasteiger partial charge on any atom is -0.418 e. The van der Waals surface area contributed by atoms with Crippen molar-refractivity contribution in [3.05, 3.63) is 0 Å². The monoisotopic (exact) mass is 230 g/mol. The van der Waals surface area contributed by atoms with Crippen molar-refractivity contribution in [1.29, 1.82) is 0 Å². The summed E-state index contributed by atoms with van der Waals surface area (Å²) >= 11 is 0. The van der Waals surface area contributed by atoms with Gasteiger partial charge in [-0.1, -0.05) is 6.92 Å². The van der Waals surface area contributed by atoms with Crippen LogP contribution in [0.25, 0.3) is 0 Å². The van der Waals surface area contributed by atoms with Crippen LogP contribution in [0.2, 0.25) is 0 Å². The van der Waals surface area contributed by atoms with Crippen LogP contribution >= 0.6 is 0 Å². The molecule has 0 bridgehead atoms. The van der Waals surface area contributed by atoms with E-state index in [9.17, 15) is 17.3 Å². The summed E-state index contributed by atoms with van der Waals surface area (Å²) in [4.78, 5) is 4.15. The first-order chi connectivity index (χ1) is 6.66. The predicted molar refractivity (Wildman–Crippen MR) is 53.2 cm³/mol. The molecular formula is C8H19BF4N2. The third kappa shape index (κ3) is 5.99. The number of rotatable bonds is 1. The van der Waals surface area contributed by atoms with Crippen LogP contribution in [0.4, 0.5) is 17.3 Å². The standard InChI is InChI=1S/C8H18N2.BF4/c1-5-8-9(3)6-7(2)10(8)4;2-1(3,4)5/h7-8H,5-6H2,1-4H3;/q;-1/p+1. The molecule has 0 amide bonds. The first-order valence-corrected chi connectivity index (χ1v) is 5.08. The molecule has 7 heteroatoms. The van der Waals surface area contributed by atoms with Crippen LogP contribution < -0.4 is 4.90 Å². The van der Waals surface area contributed by atoms with E-state index in [4.69, 9.17) is 0 Å². The van der Waals surface area contributed by atoms with Gasteiger partial charge in [0.05, 0.1) is 19.6 Å². The number of hydrogen-bond donors (Lipinski definition) is 1. The summed E-state index contributed by atoms with van der Waals surface area (Å²) in [6.45, 7) is 5.87. The second-order valence-electron chi connectivity index (χ2n) is 3.98. The lowest BCUT2D eigenvalue weighted by Crippen LogP contribution is -3.11. The average molecular weight is 230 g/mol. The highest BCUT2D eigenvalue weighted by molar-refractivity contribution is 6.50. The summed E-state index contributed by atoms with van der Waals surface area (Å²) in [6, 6.07) is 0.768. The summed E-state index contributed by atoms with van der Waals surface area (Å²) < 4.78 is 39.0. The van der Waals surface area contributed by atoms with E-state index in [2.05, 4.69) is 32.8 Å². The fourth-order valence-electron chi connectivity index (χ4n) is 2.04. The zero-order valence-electron chi connectivity index (χ0n) is 9.61. The molecule has 0 radical (unpaired) electrons. The van der Waals surface area contributed by atoms with Crippen LogP contribution in [0.1, 0.15) is 20.3 Å². The minimum atomic E-state index is -6.00. The summed E-state index contributed by atoms with van der Waals surface area (Å²) in [5.41, 5.74) is 0. The molecule has 1 aliphatic heterocycles. The van der Waals surface area contributed by atoms with Crippen LogP contribution in [0.5, 0.6) is 0 Å². The molecule has 15 heavy (non-hydrogen) atoms. The number of quaternary nitrogens is 1. The Bertz CT molecular complexity index is 182. The third-order valence-corrected chi connectivity index (χ3v) is 2.76. The van der Waals surface area contributed by atoms with Gasteiger partial charge >= 0.3 is 7.25 Å². The van der Waals surface area contributed by atoms with Gasteiger partial charge in [0.25, 0.3) is 0 Å². The van der Waals surface area contributed by atoms with Crippen molar-refractivity contribution in [3.63, 3.8) is 0 Å². The van der Waals surface area contributed by atoms with Crippen LogP contribution in [0.3, 0.4) is 0 Å². The lowest BCUT2D eigenvalue weighted by Gasteiger charge is -2.20. The largest absolute Gasteiger partial charge is 0.673 e. The van der Waals surface area contributed by atoms with E-state index < -0.39 is 7.25 Å². The molecule has 3 atom stereocenters. The molecule has 0 aromatic heterocycles. The summed E-state index contributed by atoms with van der Waals surface area (Å²) in [6.07, 6.45) is 2.03. The molecule has 0 aromatic carbocycles. The normalized spacial score (nSPS) is 32.4. The zero-order valence-corrected chi connectivity index (χ0v) is 9.61.